The lowest BCUT2D eigenvalue weighted by Crippen LogP contribution is -2.32. The second-order valence-corrected chi connectivity index (χ2v) is 5.39. The van der Waals surface area contributed by atoms with Gasteiger partial charge in [0.05, 0.1) is 11.4 Å². The minimum Gasteiger partial charge on any atom is -0.293 e. The number of fused-ring (bicyclic) bond motifs is 1. The molecule has 1 aliphatic heterocycles. The summed E-state index contributed by atoms with van der Waals surface area (Å²) in [7, 11) is 0. The Hall–Kier alpha value is -2.02. The molecule has 2 aromatic rings. The third-order valence-electron chi connectivity index (χ3n) is 3.60. The van der Waals surface area contributed by atoms with E-state index in [1.807, 2.05) is 25.1 Å². The molecule has 3 rings (SSSR count). The minimum absolute atomic E-state index is 0.493. The van der Waals surface area contributed by atoms with Crippen LogP contribution in [-0.4, -0.2) is 26.4 Å². The first-order chi connectivity index (χ1) is 10.4. The van der Waals surface area contributed by atoms with E-state index in [1.54, 1.807) is 0 Å². The molecule has 2 aromatic heterocycles. The minimum atomic E-state index is -4.49. The van der Waals surface area contributed by atoms with Crippen LogP contribution in [0.2, 0.25) is 0 Å². The van der Waals surface area contributed by atoms with Crippen molar-refractivity contribution in [3.8, 4) is 0 Å². The van der Waals surface area contributed by atoms with Crippen LogP contribution in [0.15, 0.2) is 24.4 Å². The normalized spacial score (nSPS) is 15.6. The van der Waals surface area contributed by atoms with Gasteiger partial charge in [-0.2, -0.15) is 13.2 Å². The van der Waals surface area contributed by atoms with Crippen LogP contribution >= 0.6 is 0 Å². The maximum atomic E-state index is 12.6. The smallest absolute Gasteiger partial charge is 0.293 e. The van der Waals surface area contributed by atoms with E-state index in [9.17, 15) is 13.2 Å². The summed E-state index contributed by atoms with van der Waals surface area (Å²) in [6, 6.07) is 5.83. The fraction of sp³-hybridized carbons (Fsp3) is 0.400. The first-order valence-electron chi connectivity index (χ1n) is 6.99. The highest BCUT2D eigenvalue weighted by Crippen LogP contribution is 2.27. The van der Waals surface area contributed by atoms with Crippen LogP contribution in [0.3, 0.4) is 0 Å². The molecule has 0 unspecified atom stereocenters. The van der Waals surface area contributed by atoms with Crippen molar-refractivity contribution in [2.75, 3.05) is 6.54 Å². The fourth-order valence-corrected chi connectivity index (χ4v) is 2.56. The number of rotatable bonds is 2. The van der Waals surface area contributed by atoms with E-state index < -0.39 is 12.0 Å². The van der Waals surface area contributed by atoms with Crippen molar-refractivity contribution in [1.82, 2.24) is 19.9 Å². The van der Waals surface area contributed by atoms with Gasteiger partial charge < -0.3 is 0 Å². The Morgan fingerprint density at radius 3 is 2.77 bits per heavy atom. The number of nitrogens with zero attached hydrogens (tertiary/aromatic N) is 4. The van der Waals surface area contributed by atoms with E-state index >= 15 is 0 Å². The van der Waals surface area contributed by atoms with Gasteiger partial charge in [-0.1, -0.05) is 6.07 Å². The lowest BCUT2D eigenvalue weighted by molar-refractivity contribution is -0.145. The Kier molecular flexibility index (Phi) is 3.82. The molecule has 1 aliphatic rings. The average molecular weight is 308 g/mol. The van der Waals surface area contributed by atoms with E-state index in [0.717, 1.165) is 17.0 Å². The van der Waals surface area contributed by atoms with Gasteiger partial charge in [0, 0.05) is 43.5 Å². The van der Waals surface area contributed by atoms with Crippen molar-refractivity contribution >= 4 is 0 Å². The van der Waals surface area contributed by atoms with Crippen molar-refractivity contribution in [1.29, 1.82) is 0 Å². The summed E-state index contributed by atoms with van der Waals surface area (Å²) in [5, 5.41) is 0. The molecule has 3 heterocycles. The van der Waals surface area contributed by atoms with Crippen LogP contribution in [0.4, 0.5) is 13.2 Å². The third-order valence-corrected chi connectivity index (χ3v) is 3.60. The van der Waals surface area contributed by atoms with E-state index in [-0.39, 0.29) is 0 Å². The largest absolute Gasteiger partial charge is 0.451 e. The van der Waals surface area contributed by atoms with Crippen molar-refractivity contribution in [3.05, 3.63) is 52.9 Å². The van der Waals surface area contributed by atoms with Gasteiger partial charge >= 0.3 is 6.18 Å². The number of aryl methyl sites for hydroxylation is 1. The average Bonchev–Trinajstić information content (AvgIpc) is 2.45. The second kappa shape index (κ2) is 5.64. The zero-order chi connectivity index (χ0) is 15.7. The van der Waals surface area contributed by atoms with Crippen LogP contribution in [0.1, 0.15) is 28.5 Å². The van der Waals surface area contributed by atoms with Gasteiger partial charge in [0.1, 0.15) is 0 Å². The number of halogens is 3. The summed E-state index contributed by atoms with van der Waals surface area (Å²) < 4.78 is 37.8. The number of hydrogen-bond donors (Lipinski definition) is 0. The first-order valence-corrected chi connectivity index (χ1v) is 6.99. The van der Waals surface area contributed by atoms with Gasteiger partial charge in [-0.15, -0.1) is 0 Å². The van der Waals surface area contributed by atoms with Crippen molar-refractivity contribution in [2.45, 2.75) is 32.6 Å². The highest BCUT2D eigenvalue weighted by atomic mass is 19.4. The second-order valence-electron chi connectivity index (χ2n) is 5.39. The van der Waals surface area contributed by atoms with Gasteiger partial charge in [-0.25, -0.2) is 9.97 Å². The molecule has 4 nitrogen and oxygen atoms in total. The molecule has 0 aliphatic carbocycles. The molecule has 0 amide bonds. The van der Waals surface area contributed by atoms with E-state index in [4.69, 9.17) is 0 Å². The molecule has 116 valence electrons. The molecule has 0 radical (unpaired) electrons. The standard InChI is InChI=1S/C15H15F3N4/c1-10-3-2-4-12(20-10)9-22-6-5-13-11(8-22)7-19-14(21-13)15(16,17)18/h2-4,7H,5-6,8-9H2,1H3. The van der Waals surface area contributed by atoms with Gasteiger partial charge in [0.15, 0.2) is 0 Å². The van der Waals surface area contributed by atoms with E-state index in [1.165, 1.54) is 6.20 Å². The molecule has 0 atom stereocenters. The molecule has 7 heteroatoms. The first kappa shape index (κ1) is 14.9. The molecule has 0 spiro atoms. The van der Waals surface area contributed by atoms with Crippen LogP contribution in [0.5, 0.6) is 0 Å². The highest BCUT2D eigenvalue weighted by Gasteiger charge is 2.35. The molecule has 0 fully saturated rings. The molecular weight excluding hydrogens is 293 g/mol. The summed E-state index contributed by atoms with van der Waals surface area (Å²) in [6.07, 6.45) is -2.70. The monoisotopic (exact) mass is 308 g/mol. The number of hydrogen-bond acceptors (Lipinski definition) is 4. The summed E-state index contributed by atoms with van der Waals surface area (Å²) in [5.41, 5.74) is 3.16. The molecule has 0 aromatic carbocycles. The Labute approximate surface area is 126 Å². The van der Waals surface area contributed by atoms with Crippen LogP contribution < -0.4 is 0 Å². The molecule has 0 bridgehead atoms. The number of pyridine rings is 1. The van der Waals surface area contributed by atoms with Gasteiger partial charge in [-0.05, 0) is 19.1 Å². The lowest BCUT2D eigenvalue weighted by atomic mass is 10.1. The van der Waals surface area contributed by atoms with E-state index in [0.29, 0.717) is 31.7 Å². The zero-order valence-electron chi connectivity index (χ0n) is 12.1. The zero-order valence-corrected chi connectivity index (χ0v) is 12.1. The molecule has 22 heavy (non-hydrogen) atoms. The topological polar surface area (TPSA) is 41.9 Å². The predicted octanol–water partition coefficient (Wildman–Crippen LogP) is 2.76. The van der Waals surface area contributed by atoms with Crippen molar-refractivity contribution in [2.24, 2.45) is 0 Å². The number of aromatic nitrogens is 3. The maximum Gasteiger partial charge on any atom is 0.451 e. The SMILES string of the molecule is Cc1cccc(CN2CCc3nc(C(F)(F)F)ncc3C2)n1. The molecular formula is C15H15F3N4. The fourth-order valence-electron chi connectivity index (χ4n) is 2.56. The maximum absolute atomic E-state index is 12.6. The van der Waals surface area contributed by atoms with Crippen LogP contribution in [-0.2, 0) is 25.7 Å². The van der Waals surface area contributed by atoms with Gasteiger partial charge in [-0.3, -0.25) is 9.88 Å². The van der Waals surface area contributed by atoms with Crippen LogP contribution in [0, 0.1) is 6.92 Å². The molecule has 0 N–H and O–H groups in total. The van der Waals surface area contributed by atoms with Crippen molar-refractivity contribution in [3.63, 3.8) is 0 Å². The Bertz CT molecular complexity index is 685. The lowest BCUT2D eigenvalue weighted by Gasteiger charge is -2.27. The summed E-state index contributed by atoms with van der Waals surface area (Å²) in [4.78, 5) is 13.7. The van der Waals surface area contributed by atoms with Gasteiger partial charge in [0.2, 0.25) is 5.82 Å². The predicted molar refractivity (Wildman–Crippen MR) is 73.8 cm³/mol. The van der Waals surface area contributed by atoms with E-state index in [2.05, 4.69) is 19.9 Å². The summed E-state index contributed by atoms with van der Waals surface area (Å²) in [6.45, 7) is 3.81. The highest BCUT2D eigenvalue weighted by molar-refractivity contribution is 5.21. The van der Waals surface area contributed by atoms with Crippen molar-refractivity contribution < 1.29 is 13.2 Å². The van der Waals surface area contributed by atoms with Gasteiger partial charge in [0.25, 0.3) is 0 Å². The van der Waals surface area contributed by atoms with Crippen LogP contribution in [0.25, 0.3) is 0 Å². The quantitative estimate of drug-likeness (QED) is 0.855. The molecule has 0 saturated carbocycles. The number of alkyl halides is 3. The Balaban J connectivity index is 1.74. The summed E-state index contributed by atoms with van der Waals surface area (Å²) >= 11 is 0. The third kappa shape index (κ3) is 3.24. The molecule has 0 saturated heterocycles. The Morgan fingerprint density at radius 1 is 1.23 bits per heavy atom. The Morgan fingerprint density at radius 2 is 2.05 bits per heavy atom. The summed E-state index contributed by atoms with van der Waals surface area (Å²) in [5.74, 6) is -1.06.